The molecule has 0 unspecified atom stereocenters. The minimum absolute atomic E-state index is 0.146. The second-order valence-corrected chi connectivity index (χ2v) is 10.4. The zero-order valence-corrected chi connectivity index (χ0v) is 19.9. The van der Waals surface area contributed by atoms with Crippen LogP contribution in [0.4, 0.5) is 0 Å². The minimum Gasteiger partial charge on any atom is -0.508 e. The maximum atomic E-state index is 13.2. The fourth-order valence-electron chi connectivity index (χ4n) is 3.83. The van der Waals surface area contributed by atoms with Gasteiger partial charge in [0.15, 0.2) is 0 Å². The Hall–Kier alpha value is -2.01. The molecule has 2 N–H and O–H groups in total. The third-order valence-corrected chi connectivity index (χ3v) is 7.57. The fourth-order valence-corrected chi connectivity index (χ4v) is 5.19. The summed E-state index contributed by atoms with van der Waals surface area (Å²) in [5.74, 6) is 0.292. The molecule has 0 aliphatic rings. The zero-order valence-electron chi connectivity index (χ0n) is 19.1. The Morgan fingerprint density at radius 2 is 1.00 bits per heavy atom. The van der Waals surface area contributed by atoms with E-state index in [1.807, 2.05) is 0 Å². The summed E-state index contributed by atoms with van der Waals surface area (Å²) in [5, 5.41) is 20.4. The van der Waals surface area contributed by atoms with Crippen LogP contribution in [0.2, 0.25) is 0 Å². The quantitative estimate of drug-likeness (QED) is 0.308. The molecule has 2 aromatic carbocycles. The fraction of sp³-hybridized carbons (Fsp3) is 0.538. The highest BCUT2D eigenvalue weighted by molar-refractivity contribution is 7.91. The molecule has 0 amide bonds. The molecule has 4 nitrogen and oxygen atoms in total. The van der Waals surface area contributed by atoms with Gasteiger partial charge in [0.2, 0.25) is 9.84 Å². The molecule has 0 aliphatic carbocycles. The van der Waals surface area contributed by atoms with E-state index in [0.29, 0.717) is 24.0 Å². The van der Waals surface area contributed by atoms with Crippen molar-refractivity contribution < 1.29 is 18.6 Å². The Morgan fingerprint density at radius 1 is 0.613 bits per heavy atom. The number of phenols is 2. The number of hydrogen-bond donors (Lipinski definition) is 2. The van der Waals surface area contributed by atoms with Crippen molar-refractivity contribution >= 4 is 9.84 Å². The van der Waals surface area contributed by atoms with Gasteiger partial charge < -0.3 is 10.2 Å². The third-order valence-electron chi connectivity index (χ3n) is 5.82. The van der Waals surface area contributed by atoms with Crippen LogP contribution in [0.1, 0.15) is 89.2 Å². The Kier molecular flexibility index (Phi) is 10.4. The maximum absolute atomic E-state index is 13.2. The van der Waals surface area contributed by atoms with Crippen LogP contribution in [-0.4, -0.2) is 18.6 Å². The molecule has 0 heterocycles. The smallest absolute Gasteiger partial charge is 0.206 e. The molecule has 2 rings (SSSR count). The lowest BCUT2D eigenvalue weighted by Gasteiger charge is -2.11. The van der Waals surface area contributed by atoms with E-state index in [0.717, 1.165) is 38.5 Å². The molecule has 2 aromatic rings. The zero-order chi connectivity index (χ0) is 22.7. The average molecular weight is 447 g/mol. The van der Waals surface area contributed by atoms with Gasteiger partial charge in [0.1, 0.15) is 11.5 Å². The van der Waals surface area contributed by atoms with Crippen molar-refractivity contribution in [2.75, 3.05) is 0 Å². The first-order chi connectivity index (χ1) is 14.9. The highest BCUT2D eigenvalue weighted by atomic mass is 32.2. The first kappa shape index (κ1) is 25.3. The number of rotatable bonds is 14. The number of unbranched alkanes of at least 4 members (excludes halogenated alkanes) is 8. The van der Waals surface area contributed by atoms with Crippen LogP contribution in [0.3, 0.4) is 0 Å². The highest BCUT2D eigenvalue weighted by Crippen LogP contribution is 2.30. The number of aromatic hydroxyl groups is 2. The predicted octanol–water partition coefficient (Wildman–Crippen LogP) is 6.96. The molecule has 0 atom stereocenters. The van der Waals surface area contributed by atoms with Gasteiger partial charge in [-0.05, 0) is 73.2 Å². The number of aryl methyl sites for hydroxylation is 2. The molecule has 31 heavy (non-hydrogen) atoms. The second-order valence-electron chi connectivity index (χ2n) is 8.41. The van der Waals surface area contributed by atoms with Gasteiger partial charge in [0, 0.05) is 0 Å². The first-order valence-corrected chi connectivity index (χ1v) is 13.3. The summed E-state index contributed by atoms with van der Waals surface area (Å²) in [6, 6.07) is 9.07. The van der Waals surface area contributed by atoms with E-state index in [2.05, 4.69) is 13.8 Å². The standard InChI is InChI=1S/C26H38O4S/c1-3-5-7-9-11-13-21-19-23(15-17-25(21)27)31(29,30)24-16-18-26(28)22(20-24)14-12-10-8-6-4-2/h15-20,27-28H,3-14H2,1-2H3. The van der Waals surface area contributed by atoms with E-state index in [9.17, 15) is 18.6 Å². The Bertz CT molecular complexity index is 849. The van der Waals surface area contributed by atoms with Crippen LogP contribution in [0, 0.1) is 0 Å². The molecule has 5 heteroatoms. The van der Waals surface area contributed by atoms with Gasteiger partial charge in [-0.15, -0.1) is 0 Å². The summed E-state index contributed by atoms with van der Waals surface area (Å²) in [6.07, 6.45) is 12.4. The Balaban J connectivity index is 2.15. The molecule has 0 aliphatic heterocycles. The minimum atomic E-state index is -3.72. The van der Waals surface area contributed by atoms with Crippen LogP contribution in [-0.2, 0) is 22.7 Å². The van der Waals surface area contributed by atoms with Gasteiger partial charge in [-0.3, -0.25) is 0 Å². The van der Waals surface area contributed by atoms with Crippen LogP contribution in [0.15, 0.2) is 46.2 Å². The maximum Gasteiger partial charge on any atom is 0.206 e. The van der Waals surface area contributed by atoms with Crippen LogP contribution in [0.25, 0.3) is 0 Å². The molecular formula is C26H38O4S. The molecule has 0 fully saturated rings. The van der Waals surface area contributed by atoms with Gasteiger partial charge >= 0.3 is 0 Å². The van der Waals surface area contributed by atoms with Crippen molar-refractivity contribution in [3.8, 4) is 11.5 Å². The molecular weight excluding hydrogens is 408 g/mol. The Labute approximate surface area is 188 Å². The van der Waals surface area contributed by atoms with Crippen molar-refractivity contribution in [1.82, 2.24) is 0 Å². The van der Waals surface area contributed by atoms with Gasteiger partial charge in [0.25, 0.3) is 0 Å². The first-order valence-electron chi connectivity index (χ1n) is 11.8. The summed E-state index contributed by atoms with van der Waals surface area (Å²) in [5.41, 5.74) is 1.35. The number of benzene rings is 2. The van der Waals surface area contributed by atoms with Gasteiger partial charge in [-0.25, -0.2) is 8.42 Å². The molecule has 0 bridgehead atoms. The number of hydrogen-bond acceptors (Lipinski definition) is 4. The van der Waals surface area contributed by atoms with Crippen LogP contribution in [0.5, 0.6) is 11.5 Å². The molecule has 0 spiro atoms. The summed E-state index contributed by atoms with van der Waals surface area (Å²) in [6.45, 7) is 4.34. The van der Waals surface area contributed by atoms with Crippen molar-refractivity contribution in [3.63, 3.8) is 0 Å². The molecule has 0 aromatic heterocycles. The number of phenolic OH excluding ortho intramolecular Hbond substituents is 2. The number of sulfone groups is 1. The van der Waals surface area contributed by atoms with Crippen LogP contribution >= 0.6 is 0 Å². The second kappa shape index (κ2) is 12.7. The van der Waals surface area contributed by atoms with E-state index in [1.54, 1.807) is 12.1 Å². The average Bonchev–Trinajstić information content (AvgIpc) is 2.75. The summed E-state index contributed by atoms with van der Waals surface area (Å²) >= 11 is 0. The van der Waals surface area contributed by atoms with Crippen molar-refractivity contribution in [2.24, 2.45) is 0 Å². The highest BCUT2D eigenvalue weighted by Gasteiger charge is 2.20. The molecule has 0 saturated heterocycles. The van der Waals surface area contributed by atoms with E-state index < -0.39 is 9.84 Å². The monoisotopic (exact) mass is 446 g/mol. The SMILES string of the molecule is CCCCCCCc1cc(S(=O)(=O)c2ccc(O)c(CCCCCCC)c2)ccc1O. The van der Waals surface area contributed by atoms with E-state index in [1.165, 1.54) is 49.9 Å². The predicted molar refractivity (Wildman–Crippen MR) is 127 cm³/mol. The van der Waals surface area contributed by atoms with Crippen LogP contribution < -0.4 is 0 Å². The normalized spacial score (nSPS) is 11.7. The molecule has 172 valence electrons. The van der Waals surface area contributed by atoms with E-state index >= 15 is 0 Å². The van der Waals surface area contributed by atoms with E-state index in [4.69, 9.17) is 0 Å². The van der Waals surface area contributed by atoms with Gasteiger partial charge in [-0.1, -0.05) is 65.2 Å². The summed E-state index contributed by atoms with van der Waals surface area (Å²) in [7, 11) is -3.72. The topological polar surface area (TPSA) is 74.6 Å². The van der Waals surface area contributed by atoms with Crippen molar-refractivity contribution in [1.29, 1.82) is 0 Å². The van der Waals surface area contributed by atoms with Gasteiger partial charge in [0.05, 0.1) is 9.79 Å². The Morgan fingerprint density at radius 3 is 1.39 bits per heavy atom. The summed E-state index contributed by atoms with van der Waals surface area (Å²) < 4.78 is 26.5. The third kappa shape index (κ3) is 7.57. The molecule has 0 radical (unpaired) electrons. The lowest BCUT2D eigenvalue weighted by molar-refractivity contribution is 0.465. The summed E-state index contributed by atoms with van der Waals surface area (Å²) in [4.78, 5) is 0.377. The van der Waals surface area contributed by atoms with Gasteiger partial charge in [-0.2, -0.15) is 0 Å². The molecule has 0 saturated carbocycles. The van der Waals surface area contributed by atoms with E-state index in [-0.39, 0.29) is 21.3 Å². The van der Waals surface area contributed by atoms with Crippen molar-refractivity contribution in [2.45, 2.75) is 101 Å². The largest absolute Gasteiger partial charge is 0.508 e. The lowest BCUT2D eigenvalue weighted by Crippen LogP contribution is -2.04. The lowest BCUT2D eigenvalue weighted by atomic mass is 10.0. The van der Waals surface area contributed by atoms with Crippen molar-refractivity contribution in [3.05, 3.63) is 47.5 Å².